The second-order valence-corrected chi connectivity index (χ2v) is 8.89. The van der Waals surface area contributed by atoms with Gasteiger partial charge in [0.05, 0.1) is 12.4 Å². The molecule has 2 nitrogen and oxygen atoms in total. The van der Waals surface area contributed by atoms with E-state index in [4.69, 9.17) is 4.74 Å². The molecule has 3 aliphatic rings. The van der Waals surface area contributed by atoms with Gasteiger partial charge in [-0.3, -0.25) is 4.79 Å². The van der Waals surface area contributed by atoms with E-state index in [-0.39, 0.29) is 10.2 Å². The van der Waals surface area contributed by atoms with Crippen molar-refractivity contribution < 1.29 is 9.53 Å². The van der Waals surface area contributed by atoms with Crippen LogP contribution in [0.3, 0.4) is 0 Å². The maximum absolute atomic E-state index is 12.9. The lowest BCUT2D eigenvalue weighted by Crippen LogP contribution is -2.33. The van der Waals surface area contributed by atoms with Gasteiger partial charge in [0.1, 0.15) is 4.08 Å². The van der Waals surface area contributed by atoms with Crippen LogP contribution in [0.2, 0.25) is 0 Å². The number of hydrogen-bond donors (Lipinski definition) is 0. The largest absolute Gasteiger partial charge is 0.498 e. The SMILES string of the molecule is CC(C)OC=C1C(=O)C2(SCCS2)[C@H]2CCCC[C@@H]12. The minimum absolute atomic E-state index is 0.155. The minimum Gasteiger partial charge on any atom is -0.498 e. The molecule has 0 N–H and O–H groups in total. The first kappa shape index (κ1) is 13.9. The molecular weight excluding hydrogens is 276 g/mol. The third kappa shape index (κ3) is 2.25. The third-order valence-electron chi connectivity index (χ3n) is 4.42. The second kappa shape index (κ2) is 5.36. The van der Waals surface area contributed by atoms with Crippen molar-refractivity contribution in [2.45, 2.75) is 49.7 Å². The summed E-state index contributed by atoms with van der Waals surface area (Å²) in [5.41, 5.74) is 0.986. The van der Waals surface area contributed by atoms with Gasteiger partial charge in [-0.2, -0.15) is 0 Å². The van der Waals surface area contributed by atoms with Gasteiger partial charge < -0.3 is 4.74 Å². The molecule has 1 aliphatic heterocycles. The molecule has 0 aromatic rings. The second-order valence-electron chi connectivity index (χ2n) is 5.95. The number of allylic oxidation sites excluding steroid dienone is 1. The Labute approximate surface area is 124 Å². The van der Waals surface area contributed by atoms with Gasteiger partial charge in [-0.25, -0.2) is 0 Å². The Bertz CT molecular complexity index is 397. The van der Waals surface area contributed by atoms with E-state index < -0.39 is 0 Å². The van der Waals surface area contributed by atoms with Crippen LogP contribution in [0.15, 0.2) is 11.8 Å². The van der Waals surface area contributed by atoms with Crippen LogP contribution in [0.4, 0.5) is 0 Å². The average molecular weight is 298 g/mol. The first-order valence-electron chi connectivity index (χ1n) is 7.33. The maximum Gasteiger partial charge on any atom is 0.188 e. The Balaban J connectivity index is 1.92. The summed E-state index contributed by atoms with van der Waals surface area (Å²) in [5, 5.41) is 0. The van der Waals surface area contributed by atoms with Crippen molar-refractivity contribution in [1.29, 1.82) is 0 Å². The number of hydrogen-bond acceptors (Lipinski definition) is 4. The summed E-state index contributed by atoms with van der Waals surface area (Å²) < 4.78 is 5.49. The third-order valence-corrected chi connectivity index (χ3v) is 8.03. The molecule has 19 heavy (non-hydrogen) atoms. The lowest BCUT2D eigenvalue weighted by atomic mass is 9.80. The molecule has 2 aliphatic carbocycles. The van der Waals surface area contributed by atoms with Gasteiger partial charge in [0.25, 0.3) is 0 Å². The van der Waals surface area contributed by atoms with Crippen molar-refractivity contribution >= 4 is 29.3 Å². The van der Waals surface area contributed by atoms with Crippen LogP contribution in [0, 0.1) is 11.8 Å². The van der Waals surface area contributed by atoms with Gasteiger partial charge in [0, 0.05) is 17.1 Å². The summed E-state index contributed by atoms with van der Waals surface area (Å²) in [7, 11) is 0. The van der Waals surface area contributed by atoms with Gasteiger partial charge in [-0.05, 0) is 38.5 Å². The summed E-state index contributed by atoms with van der Waals surface area (Å²) in [5.74, 6) is 3.62. The van der Waals surface area contributed by atoms with Gasteiger partial charge in [-0.1, -0.05) is 12.8 Å². The number of carbonyl (C=O) groups is 1. The highest BCUT2D eigenvalue weighted by atomic mass is 32.2. The zero-order valence-corrected chi connectivity index (χ0v) is 13.3. The van der Waals surface area contributed by atoms with Crippen LogP contribution in [-0.2, 0) is 9.53 Å². The highest BCUT2D eigenvalue weighted by Crippen LogP contribution is 2.62. The molecule has 0 aromatic heterocycles. The molecule has 4 heteroatoms. The minimum atomic E-state index is -0.155. The molecule has 0 amide bonds. The van der Waals surface area contributed by atoms with E-state index in [0.717, 1.165) is 17.1 Å². The van der Waals surface area contributed by atoms with E-state index in [1.807, 2.05) is 37.4 Å². The predicted molar refractivity (Wildman–Crippen MR) is 82.4 cm³/mol. The highest BCUT2D eigenvalue weighted by molar-refractivity contribution is 8.22. The molecule has 2 atom stereocenters. The molecule has 1 spiro atoms. The fourth-order valence-corrected chi connectivity index (χ4v) is 7.22. The van der Waals surface area contributed by atoms with E-state index >= 15 is 0 Å². The smallest absolute Gasteiger partial charge is 0.188 e. The lowest BCUT2D eigenvalue weighted by molar-refractivity contribution is -0.115. The van der Waals surface area contributed by atoms with E-state index in [1.165, 1.54) is 25.7 Å². The summed E-state index contributed by atoms with van der Waals surface area (Å²) >= 11 is 3.80. The predicted octanol–water partition coefficient (Wildman–Crippen LogP) is 3.86. The molecule has 0 unspecified atom stereocenters. The van der Waals surface area contributed by atoms with E-state index in [1.54, 1.807) is 6.26 Å². The van der Waals surface area contributed by atoms with Crippen molar-refractivity contribution in [2.24, 2.45) is 11.8 Å². The Morgan fingerprint density at radius 1 is 1.26 bits per heavy atom. The van der Waals surface area contributed by atoms with E-state index in [2.05, 4.69) is 0 Å². The first-order chi connectivity index (χ1) is 9.15. The molecule has 106 valence electrons. The first-order valence-corrected chi connectivity index (χ1v) is 9.30. The van der Waals surface area contributed by atoms with Crippen LogP contribution in [0.5, 0.6) is 0 Å². The number of Topliss-reactive ketones (excluding diaryl/α,β-unsaturated/α-hetero) is 1. The van der Waals surface area contributed by atoms with Crippen molar-refractivity contribution in [2.75, 3.05) is 11.5 Å². The molecule has 0 aromatic carbocycles. The number of carbonyl (C=O) groups excluding carboxylic acids is 1. The van der Waals surface area contributed by atoms with Gasteiger partial charge in [0.15, 0.2) is 5.78 Å². The quantitative estimate of drug-likeness (QED) is 0.571. The van der Waals surface area contributed by atoms with Crippen molar-refractivity contribution in [3.05, 3.63) is 11.8 Å². The number of ether oxygens (including phenoxy) is 1. The Morgan fingerprint density at radius 2 is 1.95 bits per heavy atom. The number of ketones is 1. The number of fused-ring (bicyclic) bond motifs is 2. The molecular formula is C15H22O2S2. The molecule has 0 bridgehead atoms. The molecule has 0 radical (unpaired) electrons. The van der Waals surface area contributed by atoms with Crippen LogP contribution in [0.25, 0.3) is 0 Å². The van der Waals surface area contributed by atoms with E-state index in [9.17, 15) is 4.79 Å². The summed E-state index contributed by atoms with van der Waals surface area (Å²) in [6.07, 6.45) is 6.89. The topological polar surface area (TPSA) is 26.3 Å². The van der Waals surface area contributed by atoms with Gasteiger partial charge in [-0.15, -0.1) is 23.5 Å². The van der Waals surface area contributed by atoms with Gasteiger partial charge in [0.2, 0.25) is 0 Å². The number of thioether (sulfide) groups is 2. The summed E-state index contributed by atoms with van der Waals surface area (Å²) in [6.45, 7) is 4.04. The molecule has 1 saturated heterocycles. The monoisotopic (exact) mass is 298 g/mol. The zero-order valence-electron chi connectivity index (χ0n) is 11.7. The average Bonchev–Trinajstić information content (AvgIpc) is 2.96. The molecule has 3 rings (SSSR count). The molecule has 3 fully saturated rings. The molecule has 1 heterocycles. The fraction of sp³-hybridized carbons (Fsp3) is 0.800. The Kier molecular flexibility index (Phi) is 3.91. The lowest BCUT2D eigenvalue weighted by Gasteiger charge is -2.33. The van der Waals surface area contributed by atoms with Crippen LogP contribution in [-0.4, -0.2) is 27.5 Å². The molecule has 2 saturated carbocycles. The zero-order chi connectivity index (χ0) is 13.5. The highest BCUT2D eigenvalue weighted by Gasteiger charge is 2.60. The van der Waals surface area contributed by atoms with Crippen molar-refractivity contribution in [1.82, 2.24) is 0 Å². The Hall–Kier alpha value is -0.0900. The van der Waals surface area contributed by atoms with Crippen molar-refractivity contribution in [3.63, 3.8) is 0 Å². The van der Waals surface area contributed by atoms with E-state index in [0.29, 0.717) is 17.6 Å². The standard InChI is InChI=1S/C15H22O2S2/c1-10(2)17-9-12-11-5-3-4-6-13(11)15(14(12)16)18-7-8-19-15/h9-11,13H,3-8H2,1-2H3/t11-,13-/m0/s1. The van der Waals surface area contributed by atoms with Gasteiger partial charge >= 0.3 is 0 Å². The normalized spacial score (nSPS) is 35.3. The van der Waals surface area contributed by atoms with Crippen LogP contribution in [0.1, 0.15) is 39.5 Å². The summed E-state index contributed by atoms with van der Waals surface area (Å²) in [4.78, 5) is 12.9. The Morgan fingerprint density at radius 3 is 2.63 bits per heavy atom. The van der Waals surface area contributed by atoms with Crippen LogP contribution < -0.4 is 0 Å². The van der Waals surface area contributed by atoms with Crippen LogP contribution >= 0.6 is 23.5 Å². The maximum atomic E-state index is 12.9. The van der Waals surface area contributed by atoms with Crippen molar-refractivity contribution in [3.8, 4) is 0 Å². The fourth-order valence-electron chi connectivity index (χ4n) is 3.62. The summed E-state index contributed by atoms with van der Waals surface area (Å²) in [6, 6.07) is 0. The number of rotatable bonds is 2.